The van der Waals surface area contributed by atoms with Crippen LogP contribution in [0.1, 0.15) is 28.6 Å². The molecule has 1 aromatic carbocycles. The van der Waals surface area contributed by atoms with E-state index in [9.17, 15) is 18.3 Å². The van der Waals surface area contributed by atoms with Gasteiger partial charge in [0.1, 0.15) is 0 Å². The highest BCUT2D eigenvalue weighted by Crippen LogP contribution is 2.35. The van der Waals surface area contributed by atoms with Crippen LogP contribution in [0.15, 0.2) is 24.3 Å². The minimum atomic E-state index is -4.51. The highest BCUT2D eigenvalue weighted by Gasteiger charge is 2.35. The number of aryl methyl sites for hydroxylation is 2. The van der Waals surface area contributed by atoms with Crippen molar-refractivity contribution in [2.24, 2.45) is 0 Å². The van der Waals surface area contributed by atoms with Crippen molar-refractivity contribution in [2.45, 2.75) is 26.1 Å². The molecule has 0 radical (unpaired) electrons. The van der Waals surface area contributed by atoms with Crippen LogP contribution in [0, 0.1) is 13.8 Å². The lowest BCUT2D eigenvalue weighted by Crippen LogP contribution is -2.21. The first-order chi connectivity index (χ1) is 10.3. The van der Waals surface area contributed by atoms with Crippen LogP contribution in [-0.2, 0) is 6.18 Å². The van der Waals surface area contributed by atoms with E-state index in [1.165, 1.54) is 18.2 Å². The molecule has 118 valence electrons. The second-order valence-corrected chi connectivity index (χ2v) is 4.77. The van der Waals surface area contributed by atoms with Gasteiger partial charge in [0, 0.05) is 0 Å². The summed E-state index contributed by atoms with van der Waals surface area (Å²) in [5.41, 5.74) is 0.359. The topological polar surface area (TPSA) is 70.9 Å². The van der Waals surface area contributed by atoms with Crippen LogP contribution in [0.2, 0.25) is 0 Å². The van der Waals surface area contributed by atoms with E-state index < -0.39 is 24.4 Å². The molecule has 1 unspecified atom stereocenters. The van der Waals surface area contributed by atoms with Crippen molar-refractivity contribution in [3.8, 4) is 0 Å². The molecule has 0 bridgehead atoms. The van der Waals surface area contributed by atoms with E-state index in [1.54, 1.807) is 13.8 Å². The molecule has 0 spiro atoms. The minimum Gasteiger partial charge on any atom is -0.394 e. The maximum Gasteiger partial charge on any atom is 0.416 e. The van der Waals surface area contributed by atoms with Gasteiger partial charge in [-0.15, -0.1) is 5.10 Å². The number of benzene rings is 1. The van der Waals surface area contributed by atoms with Gasteiger partial charge in [0.2, 0.25) is 5.95 Å². The molecule has 2 rings (SSSR count). The molecule has 0 aliphatic heterocycles. The average molecular weight is 312 g/mol. The molecular formula is C14H15F3N4O. The monoisotopic (exact) mass is 312 g/mol. The highest BCUT2D eigenvalue weighted by atomic mass is 19.4. The Hall–Kier alpha value is -2.22. The third kappa shape index (κ3) is 3.51. The zero-order valence-corrected chi connectivity index (χ0v) is 12.0. The lowest BCUT2D eigenvalue weighted by atomic mass is 10.0. The first kappa shape index (κ1) is 16.2. The number of aromatic nitrogens is 3. The van der Waals surface area contributed by atoms with Crippen molar-refractivity contribution in [2.75, 3.05) is 11.9 Å². The predicted molar refractivity (Wildman–Crippen MR) is 74.2 cm³/mol. The lowest BCUT2D eigenvalue weighted by Gasteiger charge is -2.21. The smallest absolute Gasteiger partial charge is 0.394 e. The summed E-state index contributed by atoms with van der Waals surface area (Å²) in [5, 5.41) is 19.8. The summed E-state index contributed by atoms with van der Waals surface area (Å²) < 4.78 is 39.1. The maximum absolute atomic E-state index is 13.0. The van der Waals surface area contributed by atoms with Crippen molar-refractivity contribution in [1.29, 1.82) is 0 Å². The Labute approximate surface area is 125 Å². The number of alkyl halides is 3. The van der Waals surface area contributed by atoms with E-state index in [2.05, 4.69) is 20.5 Å². The van der Waals surface area contributed by atoms with Gasteiger partial charge in [-0.05, 0) is 25.5 Å². The van der Waals surface area contributed by atoms with Crippen molar-refractivity contribution < 1.29 is 18.3 Å². The minimum absolute atomic E-state index is 0.0686. The Morgan fingerprint density at radius 3 is 2.41 bits per heavy atom. The van der Waals surface area contributed by atoms with Gasteiger partial charge in [0.25, 0.3) is 0 Å². The number of hydrogen-bond donors (Lipinski definition) is 2. The largest absolute Gasteiger partial charge is 0.416 e. The van der Waals surface area contributed by atoms with Gasteiger partial charge < -0.3 is 10.4 Å². The Kier molecular flexibility index (Phi) is 4.60. The predicted octanol–water partition coefficient (Wildman–Crippen LogP) is 2.65. The molecule has 8 heteroatoms. The van der Waals surface area contributed by atoms with E-state index in [0.29, 0.717) is 11.4 Å². The Morgan fingerprint density at radius 2 is 1.82 bits per heavy atom. The van der Waals surface area contributed by atoms with E-state index in [4.69, 9.17) is 0 Å². The molecular weight excluding hydrogens is 297 g/mol. The van der Waals surface area contributed by atoms with Crippen LogP contribution in [0.25, 0.3) is 0 Å². The zero-order chi connectivity index (χ0) is 16.3. The summed E-state index contributed by atoms with van der Waals surface area (Å²) >= 11 is 0. The summed E-state index contributed by atoms with van der Waals surface area (Å²) in [7, 11) is 0. The molecule has 1 heterocycles. The van der Waals surface area contributed by atoms with Crippen LogP contribution in [-0.4, -0.2) is 26.9 Å². The number of rotatable bonds is 4. The van der Waals surface area contributed by atoms with Crippen LogP contribution < -0.4 is 5.32 Å². The molecule has 1 aromatic heterocycles. The summed E-state index contributed by atoms with van der Waals surface area (Å²) in [6, 6.07) is 4.08. The average Bonchev–Trinajstić information content (AvgIpc) is 2.47. The Balaban J connectivity index is 2.35. The van der Waals surface area contributed by atoms with Crippen molar-refractivity contribution in [3.63, 3.8) is 0 Å². The molecule has 0 fully saturated rings. The summed E-state index contributed by atoms with van der Waals surface area (Å²) in [6.45, 7) is 2.90. The third-order valence-electron chi connectivity index (χ3n) is 3.22. The van der Waals surface area contributed by atoms with E-state index in [0.717, 1.165) is 6.07 Å². The second kappa shape index (κ2) is 6.27. The van der Waals surface area contributed by atoms with E-state index in [-0.39, 0.29) is 11.5 Å². The van der Waals surface area contributed by atoms with Gasteiger partial charge in [0.15, 0.2) is 0 Å². The zero-order valence-electron chi connectivity index (χ0n) is 12.0. The van der Waals surface area contributed by atoms with Gasteiger partial charge in [0.05, 0.1) is 29.6 Å². The van der Waals surface area contributed by atoms with Crippen molar-refractivity contribution in [3.05, 3.63) is 46.8 Å². The summed E-state index contributed by atoms with van der Waals surface area (Å²) in [6.07, 6.45) is -4.51. The summed E-state index contributed by atoms with van der Waals surface area (Å²) in [5.74, 6) is 0.0686. The quantitative estimate of drug-likeness (QED) is 0.908. The standard InChI is InChI=1S/C14H15F3N4O/c1-8-9(2)20-21-13(18-8)19-12(7-22)10-5-3-4-6-11(10)14(15,16)17/h3-6,12,22H,7H2,1-2H3,(H,18,19,21). The molecule has 2 N–H and O–H groups in total. The van der Waals surface area contributed by atoms with E-state index in [1.807, 2.05) is 0 Å². The molecule has 0 saturated carbocycles. The maximum atomic E-state index is 13.0. The van der Waals surface area contributed by atoms with Gasteiger partial charge >= 0.3 is 6.18 Å². The van der Waals surface area contributed by atoms with Gasteiger partial charge in [-0.1, -0.05) is 18.2 Å². The number of nitrogens with zero attached hydrogens (tertiary/aromatic N) is 3. The number of halogens is 3. The molecule has 0 aliphatic carbocycles. The van der Waals surface area contributed by atoms with Gasteiger partial charge in [-0.25, -0.2) is 4.98 Å². The molecule has 2 aromatic rings. The third-order valence-corrected chi connectivity index (χ3v) is 3.22. The number of aliphatic hydroxyl groups is 1. The first-order valence-electron chi connectivity index (χ1n) is 6.54. The molecule has 5 nitrogen and oxygen atoms in total. The van der Waals surface area contributed by atoms with Crippen LogP contribution >= 0.6 is 0 Å². The highest BCUT2D eigenvalue weighted by molar-refractivity contribution is 5.38. The van der Waals surface area contributed by atoms with Crippen LogP contribution in [0.4, 0.5) is 19.1 Å². The molecule has 1 atom stereocenters. The van der Waals surface area contributed by atoms with Crippen molar-refractivity contribution in [1.82, 2.24) is 15.2 Å². The molecule has 0 saturated heterocycles. The first-order valence-corrected chi connectivity index (χ1v) is 6.54. The fourth-order valence-corrected chi connectivity index (χ4v) is 1.95. The molecule has 0 amide bonds. The van der Waals surface area contributed by atoms with Crippen LogP contribution in [0.5, 0.6) is 0 Å². The Morgan fingerprint density at radius 1 is 1.14 bits per heavy atom. The SMILES string of the molecule is Cc1nnc(NC(CO)c2ccccc2C(F)(F)F)nc1C. The fraction of sp³-hybridized carbons (Fsp3) is 0.357. The number of hydrogen-bond acceptors (Lipinski definition) is 5. The Bertz CT molecular complexity index is 661. The number of nitrogens with one attached hydrogen (secondary N) is 1. The van der Waals surface area contributed by atoms with Crippen molar-refractivity contribution >= 4 is 5.95 Å². The molecule has 22 heavy (non-hydrogen) atoms. The van der Waals surface area contributed by atoms with Gasteiger partial charge in [-0.2, -0.15) is 18.3 Å². The number of aliphatic hydroxyl groups excluding tert-OH is 1. The fourth-order valence-electron chi connectivity index (χ4n) is 1.95. The van der Waals surface area contributed by atoms with Crippen LogP contribution in [0.3, 0.4) is 0 Å². The summed E-state index contributed by atoms with van der Waals surface area (Å²) in [4.78, 5) is 4.10. The normalized spacial score (nSPS) is 13.0. The number of anilines is 1. The second-order valence-electron chi connectivity index (χ2n) is 4.77. The van der Waals surface area contributed by atoms with Gasteiger partial charge in [-0.3, -0.25) is 0 Å². The molecule has 0 aliphatic rings. The van der Waals surface area contributed by atoms with E-state index >= 15 is 0 Å². The lowest BCUT2D eigenvalue weighted by molar-refractivity contribution is -0.138.